The lowest BCUT2D eigenvalue weighted by atomic mass is 10.1. The number of rotatable bonds is 2. The molecule has 78 valence electrons. The van der Waals surface area contributed by atoms with Crippen molar-refractivity contribution in [2.45, 2.75) is 13.0 Å². The maximum atomic E-state index is 5.34. The summed E-state index contributed by atoms with van der Waals surface area (Å²) in [5, 5.41) is 2.23. The van der Waals surface area contributed by atoms with E-state index in [0.29, 0.717) is 6.04 Å². The molecule has 0 radical (unpaired) electrons. The zero-order valence-electron chi connectivity index (χ0n) is 8.20. The van der Waals surface area contributed by atoms with E-state index in [1.165, 1.54) is 9.35 Å². The van der Waals surface area contributed by atoms with Crippen LogP contribution in [0.1, 0.15) is 18.5 Å². The zero-order valence-corrected chi connectivity index (χ0v) is 10.6. The van der Waals surface area contributed by atoms with Gasteiger partial charge in [0.25, 0.3) is 0 Å². The predicted molar refractivity (Wildman–Crippen MR) is 62.8 cm³/mol. The Kier molecular flexibility index (Phi) is 3.60. The minimum absolute atomic E-state index is 0.515. The molecule has 0 saturated carbocycles. The van der Waals surface area contributed by atoms with E-state index in [1.807, 2.05) is 0 Å². The van der Waals surface area contributed by atoms with Crippen LogP contribution in [0.5, 0.6) is 0 Å². The second-order valence-corrected chi connectivity index (χ2v) is 5.80. The van der Waals surface area contributed by atoms with E-state index in [1.54, 1.807) is 11.3 Å². The fraction of sp³-hybridized carbons (Fsp3) is 0.600. The zero-order chi connectivity index (χ0) is 9.97. The van der Waals surface area contributed by atoms with E-state index in [2.05, 4.69) is 39.2 Å². The largest absolute Gasteiger partial charge is 0.379 e. The van der Waals surface area contributed by atoms with Crippen LogP contribution in [0.4, 0.5) is 0 Å². The molecule has 0 bridgehead atoms. The van der Waals surface area contributed by atoms with Gasteiger partial charge < -0.3 is 4.74 Å². The van der Waals surface area contributed by atoms with Crippen LogP contribution in [0.2, 0.25) is 0 Å². The molecule has 0 spiro atoms. The number of thiophene rings is 1. The van der Waals surface area contributed by atoms with E-state index < -0.39 is 0 Å². The van der Waals surface area contributed by atoms with Crippen molar-refractivity contribution in [3.8, 4) is 0 Å². The standard InChI is InChI=1S/C10H14BrNOS/c1-8(9-6-10(11)14-7-9)12-2-4-13-5-3-12/h6-8H,2-5H2,1H3. The van der Waals surface area contributed by atoms with Gasteiger partial charge in [-0.1, -0.05) is 0 Å². The predicted octanol–water partition coefficient (Wildman–Crippen LogP) is 2.90. The summed E-state index contributed by atoms with van der Waals surface area (Å²) < 4.78 is 6.56. The highest BCUT2D eigenvalue weighted by molar-refractivity contribution is 9.11. The Morgan fingerprint density at radius 2 is 2.21 bits per heavy atom. The number of hydrogen-bond donors (Lipinski definition) is 0. The molecule has 1 fully saturated rings. The van der Waals surface area contributed by atoms with Crippen molar-refractivity contribution >= 4 is 27.3 Å². The number of ether oxygens (including phenoxy) is 1. The van der Waals surface area contributed by atoms with Crippen molar-refractivity contribution < 1.29 is 4.74 Å². The summed E-state index contributed by atoms with van der Waals surface area (Å²) in [4.78, 5) is 2.47. The summed E-state index contributed by atoms with van der Waals surface area (Å²) in [5.74, 6) is 0. The van der Waals surface area contributed by atoms with Crippen LogP contribution in [-0.4, -0.2) is 31.2 Å². The smallest absolute Gasteiger partial charge is 0.0701 e. The van der Waals surface area contributed by atoms with Gasteiger partial charge in [0.2, 0.25) is 0 Å². The van der Waals surface area contributed by atoms with Gasteiger partial charge in [0.15, 0.2) is 0 Å². The summed E-state index contributed by atoms with van der Waals surface area (Å²) in [7, 11) is 0. The van der Waals surface area contributed by atoms with Crippen LogP contribution in [0.3, 0.4) is 0 Å². The van der Waals surface area contributed by atoms with Gasteiger partial charge in [-0.15, -0.1) is 11.3 Å². The second-order valence-electron chi connectivity index (χ2n) is 3.51. The van der Waals surface area contributed by atoms with Crippen molar-refractivity contribution in [1.29, 1.82) is 0 Å². The minimum atomic E-state index is 0.515. The van der Waals surface area contributed by atoms with Crippen LogP contribution in [0, 0.1) is 0 Å². The van der Waals surface area contributed by atoms with E-state index in [9.17, 15) is 0 Å². The molecule has 2 heterocycles. The molecule has 2 nitrogen and oxygen atoms in total. The highest BCUT2D eigenvalue weighted by Crippen LogP contribution is 2.28. The Balaban J connectivity index is 2.03. The molecule has 0 aliphatic carbocycles. The molecule has 1 aromatic heterocycles. The van der Waals surface area contributed by atoms with E-state index >= 15 is 0 Å². The van der Waals surface area contributed by atoms with Gasteiger partial charge in [-0.3, -0.25) is 4.90 Å². The van der Waals surface area contributed by atoms with Crippen molar-refractivity contribution in [3.05, 3.63) is 20.8 Å². The fourth-order valence-corrected chi connectivity index (χ4v) is 2.98. The molecular weight excluding hydrogens is 262 g/mol. The maximum absolute atomic E-state index is 5.34. The average Bonchev–Trinajstić information content (AvgIpc) is 2.65. The summed E-state index contributed by atoms with van der Waals surface area (Å²) in [6.45, 7) is 6.11. The van der Waals surface area contributed by atoms with Gasteiger partial charge in [0.1, 0.15) is 0 Å². The topological polar surface area (TPSA) is 12.5 Å². The van der Waals surface area contributed by atoms with Gasteiger partial charge in [0, 0.05) is 19.1 Å². The third-order valence-corrected chi connectivity index (χ3v) is 4.19. The fourth-order valence-electron chi connectivity index (χ4n) is 1.72. The molecule has 1 unspecified atom stereocenters. The second kappa shape index (κ2) is 4.75. The Hall–Kier alpha value is 0.1000. The van der Waals surface area contributed by atoms with Crippen molar-refractivity contribution in [1.82, 2.24) is 4.90 Å². The molecule has 4 heteroatoms. The molecule has 1 atom stereocenters. The summed E-state index contributed by atoms with van der Waals surface area (Å²) in [5.41, 5.74) is 1.41. The molecular formula is C10H14BrNOS. The van der Waals surface area contributed by atoms with Gasteiger partial charge in [-0.2, -0.15) is 0 Å². The lowest BCUT2D eigenvalue weighted by molar-refractivity contribution is 0.0199. The normalized spacial score (nSPS) is 21.0. The van der Waals surface area contributed by atoms with E-state index in [4.69, 9.17) is 4.74 Å². The van der Waals surface area contributed by atoms with Crippen LogP contribution < -0.4 is 0 Å². The lowest BCUT2D eigenvalue weighted by Crippen LogP contribution is -2.37. The molecule has 0 aromatic carbocycles. The Morgan fingerprint density at radius 3 is 2.79 bits per heavy atom. The Morgan fingerprint density at radius 1 is 1.50 bits per heavy atom. The summed E-state index contributed by atoms with van der Waals surface area (Å²) in [6, 6.07) is 2.73. The Bertz CT molecular complexity index is 296. The Labute approximate surface area is 97.0 Å². The SMILES string of the molecule is CC(c1csc(Br)c1)N1CCOCC1. The van der Waals surface area contributed by atoms with Gasteiger partial charge >= 0.3 is 0 Å². The van der Waals surface area contributed by atoms with Crippen molar-refractivity contribution in [3.63, 3.8) is 0 Å². The third kappa shape index (κ3) is 2.37. The molecule has 14 heavy (non-hydrogen) atoms. The first kappa shape index (κ1) is 10.6. The van der Waals surface area contributed by atoms with Crippen molar-refractivity contribution in [2.24, 2.45) is 0 Å². The highest BCUT2D eigenvalue weighted by Gasteiger charge is 2.18. The van der Waals surface area contributed by atoms with Crippen LogP contribution in [0.25, 0.3) is 0 Å². The van der Waals surface area contributed by atoms with E-state index in [-0.39, 0.29) is 0 Å². The maximum Gasteiger partial charge on any atom is 0.0701 e. The average molecular weight is 276 g/mol. The number of morpholine rings is 1. The number of halogens is 1. The van der Waals surface area contributed by atoms with Gasteiger partial charge in [0.05, 0.1) is 17.0 Å². The third-order valence-electron chi connectivity index (χ3n) is 2.66. The first-order valence-corrected chi connectivity index (χ1v) is 6.50. The monoisotopic (exact) mass is 275 g/mol. The van der Waals surface area contributed by atoms with Crippen molar-refractivity contribution in [2.75, 3.05) is 26.3 Å². The first-order chi connectivity index (χ1) is 6.77. The quantitative estimate of drug-likeness (QED) is 0.823. The van der Waals surface area contributed by atoms with Crippen LogP contribution >= 0.6 is 27.3 Å². The molecule has 0 amide bonds. The highest BCUT2D eigenvalue weighted by atomic mass is 79.9. The van der Waals surface area contributed by atoms with Crippen LogP contribution in [-0.2, 0) is 4.74 Å². The molecule has 2 rings (SSSR count). The first-order valence-electron chi connectivity index (χ1n) is 4.83. The molecule has 1 saturated heterocycles. The molecule has 1 aliphatic heterocycles. The molecule has 1 aliphatic rings. The molecule has 1 aromatic rings. The minimum Gasteiger partial charge on any atom is -0.379 e. The summed E-state index contributed by atoms with van der Waals surface area (Å²) in [6.07, 6.45) is 0. The van der Waals surface area contributed by atoms with Gasteiger partial charge in [-0.05, 0) is 39.9 Å². The lowest BCUT2D eigenvalue weighted by Gasteiger charge is -2.31. The number of hydrogen-bond acceptors (Lipinski definition) is 3. The van der Waals surface area contributed by atoms with Gasteiger partial charge in [-0.25, -0.2) is 0 Å². The number of nitrogens with zero attached hydrogens (tertiary/aromatic N) is 1. The molecule has 0 N–H and O–H groups in total. The summed E-state index contributed by atoms with van der Waals surface area (Å²) >= 11 is 5.26. The van der Waals surface area contributed by atoms with Crippen LogP contribution in [0.15, 0.2) is 15.2 Å². The van der Waals surface area contributed by atoms with E-state index in [0.717, 1.165) is 26.3 Å².